The fourth-order valence-electron chi connectivity index (χ4n) is 2.26. The molecule has 2 rings (SSSR count). The maximum absolute atomic E-state index is 6.08. The lowest BCUT2D eigenvalue weighted by Gasteiger charge is -2.42. The first-order chi connectivity index (χ1) is 6.76. The highest BCUT2D eigenvalue weighted by Gasteiger charge is 2.39. The lowest BCUT2D eigenvalue weighted by Crippen LogP contribution is -2.45. The average molecular weight is 197 g/mol. The first-order valence-electron chi connectivity index (χ1n) is 5.39. The second-order valence-electron chi connectivity index (χ2n) is 4.29. The summed E-state index contributed by atoms with van der Waals surface area (Å²) in [4.78, 5) is 0. The highest BCUT2D eigenvalue weighted by Crippen LogP contribution is 2.39. The Morgan fingerprint density at radius 2 is 2.43 bits per heavy atom. The minimum atomic E-state index is 0.0257. The number of rotatable bonds is 4. The molecule has 1 heterocycles. The first-order valence-corrected chi connectivity index (χ1v) is 5.39. The van der Waals surface area contributed by atoms with Crippen molar-refractivity contribution in [2.45, 2.75) is 43.7 Å². The van der Waals surface area contributed by atoms with Crippen molar-refractivity contribution < 1.29 is 9.47 Å². The van der Waals surface area contributed by atoms with Crippen LogP contribution in [0.3, 0.4) is 0 Å². The molecule has 80 valence electrons. The van der Waals surface area contributed by atoms with E-state index in [-0.39, 0.29) is 11.6 Å². The molecule has 0 radical (unpaired) electrons. The summed E-state index contributed by atoms with van der Waals surface area (Å²) in [7, 11) is 1.79. The van der Waals surface area contributed by atoms with Gasteiger partial charge in [0, 0.05) is 13.5 Å². The molecule has 0 saturated heterocycles. The van der Waals surface area contributed by atoms with Crippen molar-refractivity contribution in [3.05, 3.63) is 11.8 Å². The predicted molar refractivity (Wildman–Crippen MR) is 54.8 cm³/mol. The fraction of sp³-hybridized carbons (Fsp3) is 0.818. The van der Waals surface area contributed by atoms with Gasteiger partial charge in [0.2, 0.25) is 0 Å². The predicted octanol–water partition coefficient (Wildman–Crippen LogP) is 1.58. The molecule has 1 fully saturated rings. The number of ether oxygens (including phenoxy) is 2. The van der Waals surface area contributed by atoms with Crippen molar-refractivity contribution in [2.75, 3.05) is 13.7 Å². The van der Waals surface area contributed by atoms with Gasteiger partial charge in [-0.3, -0.25) is 0 Å². The van der Waals surface area contributed by atoms with Gasteiger partial charge in [-0.1, -0.05) is 0 Å². The van der Waals surface area contributed by atoms with Crippen LogP contribution in [0.15, 0.2) is 11.8 Å². The van der Waals surface area contributed by atoms with E-state index in [1.54, 1.807) is 7.11 Å². The molecule has 0 amide bonds. The van der Waals surface area contributed by atoms with E-state index in [4.69, 9.17) is 15.2 Å². The molecule has 0 aromatic carbocycles. The Morgan fingerprint density at radius 1 is 1.64 bits per heavy atom. The van der Waals surface area contributed by atoms with Gasteiger partial charge in [0.25, 0.3) is 0 Å². The summed E-state index contributed by atoms with van der Waals surface area (Å²) in [5.41, 5.74) is 6.12. The minimum absolute atomic E-state index is 0.0257. The van der Waals surface area contributed by atoms with Crippen LogP contribution in [0.5, 0.6) is 0 Å². The monoisotopic (exact) mass is 197 g/mol. The van der Waals surface area contributed by atoms with E-state index < -0.39 is 0 Å². The van der Waals surface area contributed by atoms with Crippen LogP contribution in [0.4, 0.5) is 0 Å². The Kier molecular flexibility index (Phi) is 2.79. The summed E-state index contributed by atoms with van der Waals surface area (Å²) < 4.78 is 11.0. The van der Waals surface area contributed by atoms with Gasteiger partial charge in [0.05, 0.1) is 18.2 Å². The SMILES string of the molecule is COC1(CC(N)C2=CCCO2)CCC1. The van der Waals surface area contributed by atoms with Gasteiger partial charge in [-0.15, -0.1) is 0 Å². The highest BCUT2D eigenvalue weighted by molar-refractivity contribution is 5.09. The normalized spacial score (nSPS) is 26.3. The van der Waals surface area contributed by atoms with Gasteiger partial charge in [-0.2, -0.15) is 0 Å². The molecule has 1 saturated carbocycles. The van der Waals surface area contributed by atoms with E-state index in [1.807, 2.05) is 0 Å². The van der Waals surface area contributed by atoms with Gasteiger partial charge in [-0.25, -0.2) is 0 Å². The van der Waals surface area contributed by atoms with E-state index >= 15 is 0 Å². The molecule has 1 unspecified atom stereocenters. The molecular formula is C11H19NO2. The van der Waals surface area contributed by atoms with Crippen molar-refractivity contribution in [3.63, 3.8) is 0 Å². The Bertz CT molecular complexity index is 228. The van der Waals surface area contributed by atoms with Crippen LogP contribution in [-0.4, -0.2) is 25.4 Å². The molecule has 0 aromatic heterocycles. The maximum atomic E-state index is 6.08. The molecule has 2 aliphatic rings. The van der Waals surface area contributed by atoms with Crippen molar-refractivity contribution in [1.29, 1.82) is 0 Å². The summed E-state index contributed by atoms with van der Waals surface area (Å²) in [6.45, 7) is 0.795. The van der Waals surface area contributed by atoms with E-state index in [0.29, 0.717) is 0 Å². The molecule has 1 atom stereocenters. The summed E-state index contributed by atoms with van der Waals surface area (Å²) in [6, 6.07) is 0.0257. The zero-order valence-corrected chi connectivity index (χ0v) is 8.79. The molecule has 14 heavy (non-hydrogen) atoms. The van der Waals surface area contributed by atoms with Crippen LogP contribution in [0.25, 0.3) is 0 Å². The molecule has 2 N–H and O–H groups in total. The molecule has 0 aromatic rings. The molecular weight excluding hydrogens is 178 g/mol. The number of hydrogen-bond acceptors (Lipinski definition) is 3. The van der Waals surface area contributed by atoms with Crippen molar-refractivity contribution in [3.8, 4) is 0 Å². The summed E-state index contributed by atoms with van der Waals surface area (Å²) >= 11 is 0. The largest absolute Gasteiger partial charge is 0.496 e. The van der Waals surface area contributed by atoms with Crippen LogP contribution < -0.4 is 5.73 Å². The quantitative estimate of drug-likeness (QED) is 0.744. The third-order valence-corrected chi connectivity index (χ3v) is 3.39. The van der Waals surface area contributed by atoms with Crippen LogP contribution in [0, 0.1) is 0 Å². The fourth-order valence-corrected chi connectivity index (χ4v) is 2.26. The number of nitrogens with two attached hydrogens (primary N) is 1. The summed E-state index contributed by atoms with van der Waals surface area (Å²) in [5.74, 6) is 0.966. The van der Waals surface area contributed by atoms with Crippen LogP contribution >= 0.6 is 0 Å². The van der Waals surface area contributed by atoms with E-state index in [2.05, 4.69) is 6.08 Å². The van der Waals surface area contributed by atoms with Crippen LogP contribution in [0.1, 0.15) is 32.1 Å². The second kappa shape index (κ2) is 3.91. The van der Waals surface area contributed by atoms with E-state index in [1.165, 1.54) is 6.42 Å². The van der Waals surface area contributed by atoms with Crippen molar-refractivity contribution in [1.82, 2.24) is 0 Å². The lowest BCUT2D eigenvalue weighted by molar-refractivity contribution is -0.0815. The van der Waals surface area contributed by atoms with Crippen LogP contribution in [0.2, 0.25) is 0 Å². The first kappa shape index (κ1) is 9.99. The van der Waals surface area contributed by atoms with Gasteiger partial charge in [0.1, 0.15) is 5.76 Å². The minimum Gasteiger partial charge on any atom is -0.496 e. The van der Waals surface area contributed by atoms with E-state index in [9.17, 15) is 0 Å². The summed E-state index contributed by atoms with van der Waals surface area (Å²) in [5, 5.41) is 0. The second-order valence-corrected chi connectivity index (χ2v) is 4.29. The smallest absolute Gasteiger partial charge is 0.109 e. The maximum Gasteiger partial charge on any atom is 0.109 e. The summed E-state index contributed by atoms with van der Waals surface area (Å²) in [6.07, 6.45) is 7.56. The Labute approximate surface area is 85.3 Å². The van der Waals surface area contributed by atoms with Gasteiger partial charge in [-0.05, 0) is 31.8 Å². The lowest BCUT2D eigenvalue weighted by atomic mass is 9.75. The Hall–Kier alpha value is -0.540. The van der Waals surface area contributed by atoms with Gasteiger partial charge >= 0.3 is 0 Å². The van der Waals surface area contributed by atoms with Crippen molar-refractivity contribution in [2.24, 2.45) is 5.73 Å². The number of methoxy groups -OCH3 is 1. The Balaban J connectivity index is 1.89. The molecule has 0 spiro atoms. The van der Waals surface area contributed by atoms with Crippen LogP contribution in [-0.2, 0) is 9.47 Å². The zero-order valence-electron chi connectivity index (χ0n) is 8.79. The molecule has 1 aliphatic carbocycles. The van der Waals surface area contributed by atoms with E-state index in [0.717, 1.165) is 38.0 Å². The molecule has 1 aliphatic heterocycles. The molecule has 3 nitrogen and oxygen atoms in total. The third-order valence-electron chi connectivity index (χ3n) is 3.39. The number of hydrogen-bond donors (Lipinski definition) is 1. The third kappa shape index (κ3) is 1.79. The van der Waals surface area contributed by atoms with Crippen molar-refractivity contribution >= 4 is 0 Å². The molecule has 0 bridgehead atoms. The molecule has 3 heteroatoms. The topological polar surface area (TPSA) is 44.5 Å². The van der Waals surface area contributed by atoms with Gasteiger partial charge < -0.3 is 15.2 Å². The highest BCUT2D eigenvalue weighted by atomic mass is 16.5. The van der Waals surface area contributed by atoms with Gasteiger partial charge in [0.15, 0.2) is 0 Å². The standard InChI is InChI=1S/C11H19NO2/c1-13-11(5-3-6-11)8-9(12)10-4-2-7-14-10/h4,9H,2-3,5-8,12H2,1H3. The Morgan fingerprint density at radius 3 is 2.86 bits per heavy atom. The average Bonchev–Trinajstić information content (AvgIpc) is 2.63. The zero-order chi connectivity index (χ0) is 10.0.